The summed E-state index contributed by atoms with van der Waals surface area (Å²) < 4.78 is 63.0. The Labute approximate surface area is 629 Å². The highest BCUT2D eigenvalue weighted by molar-refractivity contribution is 5.87. The lowest BCUT2D eigenvalue weighted by Crippen LogP contribution is -2.35. The molecule has 0 radical (unpaired) electrons. The quantitative estimate of drug-likeness (QED) is 0.0311. The van der Waals surface area contributed by atoms with Crippen molar-refractivity contribution in [2.24, 2.45) is 0 Å². The maximum absolute atomic E-state index is 10.7. The van der Waals surface area contributed by atoms with Crippen molar-refractivity contribution in [3.05, 3.63) is 246 Å². The Morgan fingerprint density at radius 2 is 0.579 bits per heavy atom. The van der Waals surface area contributed by atoms with E-state index in [1.54, 1.807) is 60.7 Å². The SMILES string of the molecule is C=O.C=O.CC.CC.CC.CC.CC.O=C(O)c1ccc(OCc2ccccc2)cc1.O[C@@H]1CO[C@H]2[C@@H]1OC[C@@H]2O.Oc1ccc(COOC2COC3C(Oc4ccc(O)cc4)COC23)cc1.c1ccc(COc2ccc(COOC3COC4C(Oc5ccc(OCc6ccccc6)cc5)COC34)cc2)cc1. The summed E-state index contributed by atoms with van der Waals surface area (Å²) in [5.41, 5.74) is 5.46. The van der Waals surface area contributed by atoms with Crippen LogP contribution in [-0.2, 0) is 90.6 Å². The van der Waals surface area contributed by atoms with Gasteiger partial charge in [0.15, 0.2) is 12.2 Å². The molecule has 6 heterocycles. The number of aliphatic hydroxyl groups excluding tert-OH is 2. The van der Waals surface area contributed by atoms with Gasteiger partial charge >= 0.3 is 5.97 Å². The number of aromatic hydroxyl groups is 2. The number of carboxylic acids is 1. The molecule has 0 amide bonds. The van der Waals surface area contributed by atoms with Crippen molar-refractivity contribution >= 4 is 19.5 Å². The second kappa shape index (κ2) is 52.6. The van der Waals surface area contributed by atoms with Crippen LogP contribution < -0.4 is 23.7 Å². The van der Waals surface area contributed by atoms with Crippen molar-refractivity contribution in [3.8, 4) is 40.2 Å². The number of phenols is 2. The van der Waals surface area contributed by atoms with Crippen molar-refractivity contribution in [3.63, 3.8) is 0 Å². The second-order valence-electron chi connectivity index (χ2n) is 22.5. The van der Waals surface area contributed by atoms with Gasteiger partial charge in [-0.05, 0) is 125 Å². The molecule has 6 aliphatic heterocycles. The second-order valence-corrected chi connectivity index (χ2v) is 22.5. The van der Waals surface area contributed by atoms with E-state index >= 15 is 0 Å². The van der Waals surface area contributed by atoms with Crippen molar-refractivity contribution in [2.75, 3.05) is 39.6 Å². The number of carbonyl (C=O) groups excluding carboxylic acids is 2. The molecular weight excluding hydrogens is 1380 g/mol. The lowest BCUT2D eigenvalue weighted by atomic mass is 10.1. The number of benzene rings is 8. The highest BCUT2D eigenvalue weighted by Gasteiger charge is 2.52. The van der Waals surface area contributed by atoms with Gasteiger partial charge in [-0.3, -0.25) is 0 Å². The highest BCUT2D eigenvalue weighted by atomic mass is 17.2. The van der Waals surface area contributed by atoms with Crippen molar-refractivity contribution in [2.45, 2.75) is 176 Å². The fourth-order valence-corrected chi connectivity index (χ4v) is 10.7. The molecular formula is C84H108O23. The van der Waals surface area contributed by atoms with E-state index in [1.807, 2.05) is 222 Å². The number of rotatable bonds is 22. The summed E-state index contributed by atoms with van der Waals surface area (Å²) in [4.78, 5) is 48.7. The van der Waals surface area contributed by atoms with Crippen LogP contribution in [0, 0.1) is 0 Å². The summed E-state index contributed by atoms with van der Waals surface area (Å²) >= 11 is 0. The summed E-state index contributed by atoms with van der Waals surface area (Å²) in [5, 5.41) is 45.7. The van der Waals surface area contributed by atoms with E-state index in [1.165, 1.54) is 12.1 Å². The predicted octanol–water partition coefficient (Wildman–Crippen LogP) is 14.3. The monoisotopic (exact) mass is 1480 g/mol. The van der Waals surface area contributed by atoms with Gasteiger partial charge in [-0.2, -0.15) is 0 Å². The van der Waals surface area contributed by atoms with E-state index < -0.39 is 18.2 Å². The molecule has 0 aromatic heterocycles. The van der Waals surface area contributed by atoms with Crippen molar-refractivity contribution in [1.82, 2.24) is 0 Å². The molecule has 6 saturated heterocycles. The average molecular weight is 1490 g/mol. The Bertz CT molecular complexity index is 3510. The van der Waals surface area contributed by atoms with E-state index in [4.69, 9.17) is 96.6 Å². The Hall–Kier alpha value is -9.31. The third kappa shape index (κ3) is 30.1. The smallest absolute Gasteiger partial charge is 0.335 e. The third-order valence-corrected chi connectivity index (χ3v) is 15.7. The molecule has 12 atom stereocenters. The fourth-order valence-electron chi connectivity index (χ4n) is 10.7. The van der Waals surface area contributed by atoms with Crippen LogP contribution in [0.2, 0.25) is 0 Å². The van der Waals surface area contributed by atoms with Crippen LogP contribution in [-0.4, -0.2) is 158 Å². The van der Waals surface area contributed by atoms with Gasteiger partial charge in [0.2, 0.25) is 0 Å². The van der Waals surface area contributed by atoms with Crippen molar-refractivity contribution < 1.29 is 112 Å². The Morgan fingerprint density at radius 3 is 0.916 bits per heavy atom. The minimum absolute atomic E-state index is 0.189. The first-order valence-corrected chi connectivity index (χ1v) is 36.2. The normalized spacial score (nSPS) is 21.6. The van der Waals surface area contributed by atoms with Gasteiger partial charge in [0.25, 0.3) is 0 Å². The van der Waals surface area contributed by atoms with Crippen LogP contribution in [0.4, 0.5) is 0 Å². The Morgan fingerprint density at radius 1 is 0.327 bits per heavy atom. The van der Waals surface area contributed by atoms with Crippen LogP contribution in [0.3, 0.4) is 0 Å². The van der Waals surface area contributed by atoms with Gasteiger partial charge in [0, 0.05) is 0 Å². The zero-order chi connectivity index (χ0) is 78.1. The lowest BCUT2D eigenvalue weighted by Gasteiger charge is -2.18. The van der Waals surface area contributed by atoms with Crippen LogP contribution in [0.15, 0.2) is 212 Å². The summed E-state index contributed by atoms with van der Waals surface area (Å²) in [6.07, 6.45) is -3.76. The number of ether oxygens (including phenoxy) is 11. The number of hydrogen-bond acceptors (Lipinski definition) is 22. The molecule has 8 aromatic carbocycles. The first-order chi connectivity index (χ1) is 52.5. The van der Waals surface area contributed by atoms with E-state index in [2.05, 4.69) is 0 Å². The molecule has 107 heavy (non-hydrogen) atoms. The number of fused-ring (bicyclic) bond motifs is 3. The average Bonchev–Trinajstić information content (AvgIpc) is 1.65. The first kappa shape index (κ1) is 90.1. The minimum atomic E-state index is -0.931. The molecule has 0 saturated carbocycles. The molecule has 6 fully saturated rings. The van der Waals surface area contributed by atoms with E-state index in [0.29, 0.717) is 64.4 Å². The highest BCUT2D eigenvalue weighted by Crippen LogP contribution is 2.35. The molecule has 0 spiro atoms. The third-order valence-electron chi connectivity index (χ3n) is 15.7. The van der Waals surface area contributed by atoms with Crippen LogP contribution in [0.1, 0.15) is 107 Å². The fraction of sp³-hybridized carbons (Fsp3) is 0.393. The summed E-state index contributed by atoms with van der Waals surface area (Å²) in [6, 6.07) is 65.0. The molecule has 582 valence electrons. The zero-order valence-corrected chi connectivity index (χ0v) is 62.9. The standard InChI is InChI=1S/C33H32O7.C19H20O7.C14H12O3.C6H10O4.5C2H6.2CH2O/c1-3-7-24(8-4-1)19-34-27-13-11-26(12-14-27)21-38-40-31-23-37-32-30(22-36-33(31)32)39-29-17-15-28(16-18-29)35-20-25-9-5-2-6-10-25;20-13-3-1-12(2-4-13)9-24-26-17-11-23-18-16(10-22-19(17)18)25-15-7-5-14(21)6-8-15;15-14(16)12-6-8-13(9-7-12)17-10-11-4-2-1-3-5-11;7-3-1-9-6-4(8)2-10-5(3)6;7*1-2/h1-18,30-33H,19-23H2;1-8,16-21H,9-11H2;1-9H,10H2,(H,15,16);3-8H,1-2H2;5*1-2H3;2*1H2/t;;;3-,4+,5-,6-;;;;;;;/m...1......./s1. The summed E-state index contributed by atoms with van der Waals surface area (Å²) in [5.74, 6) is 3.11. The number of hydrogen-bond donors (Lipinski definition) is 5. The molecule has 14 rings (SSSR count). The van der Waals surface area contributed by atoms with Crippen LogP contribution in [0.5, 0.6) is 40.2 Å². The number of phenolic OH excluding ortho intramolecular Hbond substituents is 2. The number of aromatic carboxylic acids is 1. The molecule has 0 aliphatic carbocycles. The van der Waals surface area contributed by atoms with E-state index in [9.17, 15) is 15.0 Å². The summed E-state index contributed by atoms with van der Waals surface area (Å²) in [7, 11) is 0. The number of carboxylic acid groups (broad SMARTS) is 1. The van der Waals surface area contributed by atoms with Gasteiger partial charge in [0.1, 0.15) is 148 Å². The van der Waals surface area contributed by atoms with Gasteiger partial charge in [-0.15, -0.1) is 0 Å². The largest absolute Gasteiger partial charge is 0.508 e. The minimum Gasteiger partial charge on any atom is -0.508 e. The lowest BCUT2D eigenvalue weighted by molar-refractivity contribution is -0.341. The maximum Gasteiger partial charge on any atom is 0.335 e. The Balaban J connectivity index is 0.000000310. The van der Waals surface area contributed by atoms with Crippen LogP contribution in [0.25, 0.3) is 0 Å². The number of carbonyl (C=O) groups is 3. The maximum atomic E-state index is 10.7. The van der Waals surface area contributed by atoms with Gasteiger partial charge in [-0.25, -0.2) is 24.3 Å². The topological polar surface area (TPSA) is 291 Å². The molecule has 5 N–H and O–H groups in total. The first-order valence-electron chi connectivity index (χ1n) is 36.2. The molecule has 6 aliphatic rings. The summed E-state index contributed by atoms with van der Waals surface area (Å²) in [6.45, 7) is 28.2. The van der Waals surface area contributed by atoms with Gasteiger partial charge in [0.05, 0.1) is 45.2 Å². The van der Waals surface area contributed by atoms with Crippen LogP contribution >= 0.6 is 0 Å². The van der Waals surface area contributed by atoms with E-state index in [0.717, 1.165) is 45.1 Å². The predicted molar refractivity (Wildman–Crippen MR) is 404 cm³/mol. The number of aliphatic hydroxyl groups is 2. The van der Waals surface area contributed by atoms with Crippen molar-refractivity contribution in [1.29, 1.82) is 0 Å². The molecule has 0 bridgehead atoms. The molecule has 8 aromatic rings. The molecule has 23 nitrogen and oxygen atoms in total. The van der Waals surface area contributed by atoms with Gasteiger partial charge in [-0.1, -0.05) is 184 Å². The Kier molecular flexibility index (Phi) is 44.3. The zero-order valence-electron chi connectivity index (χ0n) is 62.9. The van der Waals surface area contributed by atoms with Gasteiger partial charge < -0.3 is 87.2 Å². The molecule has 23 heteroatoms. The van der Waals surface area contributed by atoms with E-state index in [-0.39, 0.29) is 97.9 Å². The molecule has 8 unspecified atom stereocenters.